The zero-order valence-electron chi connectivity index (χ0n) is 17.7. The van der Waals surface area contributed by atoms with Gasteiger partial charge in [-0.05, 0) is 54.5 Å². The van der Waals surface area contributed by atoms with Crippen molar-refractivity contribution in [3.8, 4) is 11.5 Å². The first-order valence-corrected chi connectivity index (χ1v) is 11.3. The molecule has 164 valence electrons. The number of halogens is 1. The minimum Gasteiger partial charge on any atom is -0.495 e. The molecule has 0 aliphatic carbocycles. The van der Waals surface area contributed by atoms with Crippen LogP contribution in [0.5, 0.6) is 11.5 Å². The van der Waals surface area contributed by atoms with Gasteiger partial charge in [-0.3, -0.25) is 4.79 Å². The van der Waals surface area contributed by atoms with Crippen LogP contribution in [-0.4, -0.2) is 18.5 Å². The van der Waals surface area contributed by atoms with Crippen LogP contribution in [0.15, 0.2) is 71.6 Å². The third-order valence-electron chi connectivity index (χ3n) is 4.84. The van der Waals surface area contributed by atoms with Crippen LogP contribution in [0.3, 0.4) is 0 Å². The van der Waals surface area contributed by atoms with Crippen LogP contribution in [0.2, 0.25) is 5.02 Å². The Morgan fingerprint density at radius 1 is 1.12 bits per heavy atom. The molecule has 1 aliphatic heterocycles. The van der Waals surface area contributed by atoms with E-state index in [4.69, 9.17) is 21.1 Å². The molecule has 0 spiro atoms. The number of carbonyl (C=O) groups excluding carboxylic acids is 1. The second kappa shape index (κ2) is 10.0. The minimum absolute atomic E-state index is 0.131. The standard InChI is InChI=1S/C25H23ClN2O3S/c1-16-4-3-5-18(12-16)15-31-20-9-6-17(7-10-20)13-23-24(29)28-25(32-23)27-21-14-19(26)8-11-22(21)30-2/h3-14,25,27H,15H2,1-2H3,(H,28,29)/b23-13-. The molecule has 0 aromatic heterocycles. The lowest BCUT2D eigenvalue weighted by Gasteiger charge is -2.15. The maximum Gasteiger partial charge on any atom is 0.260 e. The molecular weight excluding hydrogens is 444 g/mol. The van der Waals surface area contributed by atoms with Crippen molar-refractivity contribution in [2.45, 2.75) is 19.0 Å². The summed E-state index contributed by atoms with van der Waals surface area (Å²) in [6.07, 6.45) is 1.86. The van der Waals surface area contributed by atoms with Gasteiger partial charge in [-0.2, -0.15) is 0 Å². The fourth-order valence-electron chi connectivity index (χ4n) is 3.28. The predicted molar refractivity (Wildman–Crippen MR) is 131 cm³/mol. The lowest BCUT2D eigenvalue weighted by Crippen LogP contribution is -2.31. The Morgan fingerprint density at radius 3 is 2.69 bits per heavy atom. The molecule has 1 fully saturated rings. The highest BCUT2D eigenvalue weighted by atomic mass is 35.5. The van der Waals surface area contributed by atoms with Crippen LogP contribution in [0.1, 0.15) is 16.7 Å². The molecule has 0 bridgehead atoms. The Labute approximate surface area is 196 Å². The number of ether oxygens (including phenoxy) is 2. The SMILES string of the molecule is COc1ccc(Cl)cc1NC1NC(=O)/C(=C/c2ccc(OCc3cccc(C)c3)cc2)S1. The number of amides is 1. The summed E-state index contributed by atoms with van der Waals surface area (Å²) < 4.78 is 11.2. The number of rotatable bonds is 7. The summed E-state index contributed by atoms with van der Waals surface area (Å²) >= 11 is 7.50. The van der Waals surface area contributed by atoms with Gasteiger partial charge >= 0.3 is 0 Å². The monoisotopic (exact) mass is 466 g/mol. The van der Waals surface area contributed by atoms with Crippen molar-refractivity contribution in [3.05, 3.63) is 93.3 Å². The molecule has 5 nitrogen and oxygen atoms in total. The fraction of sp³-hybridized carbons (Fsp3) is 0.160. The van der Waals surface area contributed by atoms with E-state index in [1.807, 2.05) is 42.5 Å². The van der Waals surface area contributed by atoms with Crippen LogP contribution in [0, 0.1) is 6.92 Å². The summed E-state index contributed by atoms with van der Waals surface area (Å²) in [5.41, 5.74) is 3.66. The van der Waals surface area contributed by atoms with E-state index >= 15 is 0 Å². The summed E-state index contributed by atoms with van der Waals surface area (Å²) in [7, 11) is 1.59. The smallest absolute Gasteiger partial charge is 0.260 e. The molecule has 1 amide bonds. The number of aryl methyl sites for hydroxylation is 1. The summed E-state index contributed by atoms with van der Waals surface area (Å²) in [5.74, 6) is 1.31. The molecule has 1 unspecified atom stereocenters. The van der Waals surface area contributed by atoms with Gasteiger partial charge in [-0.25, -0.2) is 0 Å². The number of carbonyl (C=O) groups is 1. The number of nitrogens with one attached hydrogen (secondary N) is 2. The second-order valence-corrected chi connectivity index (χ2v) is 8.90. The molecule has 1 atom stereocenters. The first-order chi connectivity index (χ1) is 15.5. The largest absolute Gasteiger partial charge is 0.495 e. The van der Waals surface area contributed by atoms with Crippen molar-refractivity contribution in [1.29, 1.82) is 0 Å². The first-order valence-electron chi connectivity index (χ1n) is 10.1. The number of anilines is 1. The second-order valence-electron chi connectivity index (χ2n) is 7.32. The highest BCUT2D eigenvalue weighted by molar-refractivity contribution is 8.05. The van der Waals surface area contributed by atoms with Crippen LogP contribution >= 0.6 is 23.4 Å². The van der Waals surface area contributed by atoms with Gasteiger partial charge in [0.2, 0.25) is 0 Å². The third-order valence-corrected chi connectivity index (χ3v) is 6.11. The molecule has 3 aromatic rings. The molecular formula is C25H23ClN2O3S. The highest BCUT2D eigenvalue weighted by Gasteiger charge is 2.27. The lowest BCUT2D eigenvalue weighted by molar-refractivity contribution is -0.116. The van der Waals surface area contributed by atoms with Gasteiger partial charge in [0.25, 0.3) is 5.91 Å². The Kier molecular flexibility index (Phi) is 6.93. The number of methoxy groups -OCH3 is 1. The Hall–Kier alpha value is -3.09. The van der Waals surface area contributed by atoms with Crippen LogP contribution < -0.4 is 20.1 Å². The summed E-state index contributed by atoms with van der Waals surface area (Å²) in [5, 5.41) is 6.76. The van der Waals surface area contributed by atoms with E-state index in [0.717, 1.165) is 16.9 Å². The average Bonchev–Trinajstić information content (AvgIpc) is 3.12. The van der Waals surface area contributed by atoms with Crippen molar-refractivity contribution in [1.82, 2.24) is 5.32 Å². The molecule has 0 radical (unpaired) electrons. The quantitative estimate of drug-likeness (QED) is 0.428. The summed E-state index contributed by atoms with van der Waals surface area (Å²) in [4.78, 5) is 13.1. The van der Waals surface area contributed by atoms with E-state index in [2.05, 4.69) is 29.7 Å². The van der Waals surface area contributed by atoms with Gasteiger partial charge in [0.1, 0.15) is 18.1 Å². The Bertz CT molecular complexity index is 1150. The van der Waals surface area contributed by atoms with E-state index in [9.17, 15) is 4.79 Å². The maximum absolute atomic E-state index is 12.4. The molecule has 3 aromatic carbocycles. The Morgan fingerprint density at radius 2 is 1.94 bits per heavy atom. The zero-order valence-corrected chi connectivity index (χ0v) is 19.3. The summed E-state index contributed by atoms with van der Waals surface area (Å²) in [6, 6.07) is 21.2. The number of hydrogen-bond donors (Lipinski definition) is 2. The van der Waals surface area contributed by atoms with Gasteiger partial charge in [0.15, 0.2) is 5.50 Å². The lowest BCUT2D eigenvalue weighted by atomic mass is 10.1. The maximum atomic E-state index is 12.4. The van der Waals surface area contributed by atoms with Crippen molar-refractivity contribution in [2.75, 3.05) is 12.4 Å². The van der Waals surface area contributed by atoms with Gasteiger partial charge < -0.3 is 20.1 Å². The van der Waals surface area contributed by atoms with E-state index in [-0.39, 0.29) is 11.4 Å². The molecule has 7 heteroatoms. The molecule has 0 saturated carbocycles. The zero-order chi connectivity index (χ0) is 22.5. The fourth-order valence-corrected chi connectivity index (χ4v) is 4.43. The van der Waals surface area contributed by atoms with Crippen molar-refractivity contribution in [3.63, 3.8) is 0 Å². The minimum atomic E-state index is -0.321. The van der Waals surface area contributed by atoms with E-state index in [1.54, 1.807) is 25.3 Å². The Balaban J connectivity index is 1.38. The van der Waals surface area contributed by atoms with E-state index in [1.165, 1.54) is 17.3 Å². The van der Waals surface area contributed by atoms with Crippen molar-refractivity contribution < 1.29 is 14.3 Å². The molecule has 2 N–H and O–H groups in total. The van der Waals surface area contributed by atoms with Gasteiger partial charge in [-0.15, -0.1) is 0 Å². The normalized spacial score (nSPS) is 16.7. The van der Waals surface area contributed by atoms with Gasteiger partial charge in [0.05, 0.1) is 17.7 Å². The molecule has 1 saturated heterocycles. The van der Waals surface area contributed by atoms with Crippen LogP contribution in [0.4, 0.5) is 5.69 Å². The van der Waals surface area contributed by atoms with Gasteiger partial charge in [0, 0.05) is 5.02 Å². The predicted octanol–water partition coefficient (Wildman–Crippen LogP) is 5.84. The number of thioether (sulfide) groups is 1. The van der Waals surface area contributed by atoms with Crippen LogP contribution in [-0.2, 0) is 11.4 Å². The molecule has 1 aliphatic rings. The molecule has 32 heavy (non-hydrogen) atoms. The summed E-state index contributed by atoms with van der Waals surface area (Å²) in [6.45, 7) is 2.58. The van der Waals surface area contributed by atoms with Crippen LogP contribution in [0.25, 0.3) is 6.08 Å². The van der Waals surface area contributed by atoms with E-state index < -0.39 is 0 Å². The average molecular weight is 467 g/mol. The molecule has 1 heterocycles. The van der Waals surface area contributed by atoms with Crippen molar-refractivity contribution >= 4 is 41.0 Å². The number of benzene rings is 3. The van der Waals surface area contributed by atoms with Crippen molar-refractivity contribution in [2.24, 2.45) is 0 Å². The molecule has 4 rings (SSSR count). The van der Waals surface area contributed by atoms with Gasteiger partial charge in [-0.1, -0.05) is 65.3 Å². The number of hydrogen-bond acceptors (Lipinski definition) is 5. The third kappa shape index (κ3) is 5.58. The topological polar surface area (TPSA) is 59.6 Å². The highest BCUT2D eigenvalue weighted by Crippen LogP contribution is 2.34. The van der Waals surface area contributed by atoms with E-state index in [0.29, 0.717) is 28.0 Å². The first kappa shape index (κ1) is 22.1.